The highest BCUT2D eigenvalue weighted by atomic mass is 16.4. The molecule has 94 valence electrons. The van der Waals surface area contributed by atoms with Crippen molar-refractivity contribution in [2.75, 3.05) is 11.9 Å². The Morgan fingerprint density at radius 3 is 2.71 bits per heavy atom. The Morgan fingerprint density at radius 2 is 2.18 bits per heavy atom. The summed E-state index contributed by atoms with van der Waals surface area (Å²) in [6.07, 6.45) is 0.166. The first-order valence-corrected chi connectivity index (χ1v) is 5.55. The van der Waals surface area contributed by atoms with Crippen LogP contribution in [0.5, 0.6) is 0 Å². The quantitative estimate of drug-likeness (QED) is 0.725. The molecule has 0 aromatic carbocycles. The Kier molecular flexibility index (Phi) is 4.45. The fraction of sp³-hybridized carbons (Fsp3) is 0.500. The van der Waals surface area contributed by atoms with E-state index in [0.29, 0.717) is 24.3 Å². The summed E-state index contributed by atoms with van der Waals surface area (Å²) in [7, 11) is 0. The molecule has 0 aliphatic carbocycles. The number of hydrogen-bond acceptors (Lipinski definition) is 4. The van der Waals surface area contributed by atoms with E-state index < -0.39 is 12.1 Å². The molecular formula is C12H18N2O3. The fourth-order valence-corrected chi connectivity index (χ4v) is 1.65. The van der Waals surface area contributed by atoms with Gasteiger partial charge in [0.15, 0.2) is 0 Å². The van der Waals surface area contributed by atoms with Gasteiger partial charge in [0.2, 0.25) is 0 Å². The van der Waals surface area contributed by atoms with E-state index in [2.05, 4.69) is 10.3 Å². The molecule has 1 unspecified atom stereocenters. The normalized spacial score (nSPS) is 12.2. The molecule has 0 fully saturated rings. The van der Waals surface area contributed by atoms with E-state index in [9.17, 15) is 4.79 Å². The highest BCUT2D eigenvalue weighted by molar-refractivity contribution is 5.95. The summed E-state index contributed by atoms with van der Waals surface area (Å²) in [5.74, 6) is -0.991. The molecule has 0 aliphatic heterocycles. The van der Waals surface area contributed by atoms with Gasteiger partial charge in [0.05, 0.1) is 17.5 Å². The van der Waals surface area contributed by atoms with Crippen molar-refractivity contribution >= 4 is 11.7 Å². The number of nitrogens with one attached hydrogen (secondary N) is 1. The third kappa shape index (κ3) is 3.71. The van der Waals surface area contributed by atoms with E-state index in [4.69, 9.17) is 10.2 Å². The highest BCUT2D eigenvalue weighted by Crippen LogP contribution is 2.19. The summed E-state index contributed by atoms with van der Waals surface area (Å²) in [5.41, 5.74) is 2.02. The number of carboxylic acids is 1. The van der Waals surface area contributed by atoms with Crippen LogP contribution in [-0.4, -0.2) is 33.8 Å². The lowest BCUT2D eigenvalue weighted by Crippen LogP contribution is -2.14. The first-order chi connectivity index (χ1) is 7.91. The number of aliphatic hydroxyl groups excluding tert-OH is 1. The molecule has 0 saturated carbocycles. The molecule has 3 N–H and O–H groups in total. The molecule has 0 amide bonds. The van der Waals surface area contributed by atoms with Gasteiger partial charge >= 0.3 is 5.97 Å². The van der Waals surface area contributed by atoms with Crippen LogP contribution in [0, 0.1) is 13.8 Å². The zero-order chi connectivity index (χ0) is 13.0. The first kappa shape index (κ1) is 13.4. The maximum Gasteiger partial charge on any atom is 0.339 e. The Labute approximate surface area is 101 Å². The van der Waals surface area contributed by atoms with Gasteiger partial charge in [-0.2, -0.15) is 0 Å². The molecule has 5 nitrogen and oxygen atoms in total. The van der Waals surface area contributed by atoms with Crippen molar-refractivity contribution in [3.8, 4) is 0 Å². The van der Waals surface area contributed by atoms with Crippen molar-refractivity contribution in [2.45, 2.75) is 33.3 Å². The number of anilines is 1. The summed E-state index contributed by atoms with van der Waals surface area (Å²) in [5, 5.41) is 21.3. The minimum atomic E-state index is -0.991. The molecule has 0 radical (unpaired) electrons. The Balaban J connectivity index is 2.92. The van der Waals surface area contributed by atoms with E-state index in [1.54, 1.807) is 19.9 Å². The van der Waals surface area contributed by atoms with Crippen molar-refractivity contribution < 1.29 is 15.0 Å². The maximum absolute atomic E-state index is 11.1. The minimum absolute atomic E-state index is 0.196. The van der Waals surface area contributed by atoms with Crippen LogP contribution in [0.25, 0.3) is 0 Å². The summed E-state index contributed by atoms with van der Waals surface area (Å²) in [6, 6.07) is 1.71. The van der Waals surface area contributed by atoms with Gasteiger partial charge in [-0.1, -0.05) is 0 Å². The second kappa shape index (κ2) is 5.63. The zero-order valence-electron chi connectivity index (χ0n) is 10.3. The highest BCUT2D eigenvalue weighted by Gasteiger charge is 2.15. The molecule has 0 spiro atoms. The third-order valence-electron chi connectivity index (χ3n) is 2.42. The molecule has 5 heteroatoms. The van der Waals surface area contributed by atoms with Gasteiger partial charge in [0.25, 0.3) is 0 Å². The molecule has 0 bridgehead atoms. The van der Waals surface area contributed by atoms with Crippen LogP contribution in [0.3, 0.4) is 0 Å². The van der Waals surface area contributed by atoms with Gasteiger partial charge < -0.3 is 15.5 Å². The van der Waals surface area contributed by atoms with E-state index >= 15 is 0 Å². The van der Waals surface area contributed by atoms with Crippen molar-refractivity contribution in [3.63, 3.8) is 0 Å². The molecule has 0 saturated heterocycles. The van der Waals surface area contributed by atoms with Crippen LogP contribution in [0.2, 0.25) is 0 Å². The van der Waals surface area contributed by atoms with Crippen molar-refractivity contribution in [2.24, 2.45) is 0 Å². The topological polar surface area (TPSA) is 82.5 Å². The molecule has 0 aliphatic rings. The van der Waals surface area contributed by atoms with E-state index in [-0.39, 0.29) is 5.56 Å². The predicted octanol–water partition coefficient (Wildman–Crippen LogP) is 1.58. The Morgan fingerprint density at radius 1 is 1.53 bits per heavy atom. The van der Waals surface area contributed by atoms with Gasteiger partial charge in [-0.05, 0) is 33.3 Å². The molecule has 1 heterocycles. The second-order valence-corrected chi connectivity index (χ2v) is 4.14. The summed E-state index contributed by atoms with van der Waals surface area (Å²) >= 11 is 0. The van der Waals surface area contributed by atoms with Gasteiger partial charge in [0, 0.05) is 12.2 Å². The molecule has 1 rings (SSSR count). The minimum Gasteiger partial charge on any atom is -0.478 e. The largest absolute Gasteiger partial charge is 0.478 e. The lowest BCUT2D eigenvalue weighted by Gasteiger charge is -2.13. The second-order valence-electron chi connectivity index (χ2n) is 4.14. The lowest BCUT2D eigenvalue weighted by atomic mass is 10.1. The summed E-state index contributed by atoms with van der Waals surface area (Å²) < 4.78 is 0. The maximum atomic E-state index is 11.1. The predicted molar refractivity (Wildman–Crippen MR) is 65.5 cm³/mol. The summed E-state index contributed by atoms with van der Waals surface area (Å²) in [6.45, 7) is 5.72. The van der Waals surface area contributed by atoms with Crippen LogP contribution in [0.1, 0.15) is 35.1 Å². The Hall–Kier alpha value is -1.62. The van der Waals surface area contributed by atoms with Crippen molar-refractivity contribution in [1.29, 1.82) is 0 Å². The average molecular weight is 238 g/mol. The Bertz CT molecular complexity index is 416. The average Bonchev–Trinajstić information content (AvgIpc) is 2.14. The number of hydrogen-bond donors (Lipinski definition) is 3. The van der Waals surface area contributed by atoms with Crippen LogP contribution in [0.4, 0.5) is 5.69 Å². The number of nitrogens with zero attached hydrogens (tertiary/aromatic N) is 1. The molecule has 1 aromatic heterocycles. The van der Waals surface area contributed by atoms with Crippen LogP contribution in [-0.2, 0) is 0 Å². The SMILES string of the molecule is Cc1cc(NCCC(C)O)c(C(=O)O)c(C)n1. The monoisotopic (exact) mass is 238 g/mol. The van der Waals surface area contributed by atoms with Crippen molar-refractivity contribution in [3.05, 3.63) is 23.0 Å². The number of aromatic carboxylic acids is 1. The van der Waals surface area contributed by atoms with Crippen LogP contribution < -0.4 is 5.32 Å². The molecular weight excluding hydrogens is 220 g/mol. The fourth-order valence-electron chi connectivity index (χ4n) is 1.65. The van der Waals surface area contributed by atoms with Crippen molar-refractivity contribution in [1.82, 2.24) is 4.98 Å². The number of aryl methyl sites for hydroxylation is 2. The van der Waals surface area contributed by atoms with E-state index in [1.807, 2.05) is 6.92 Å². The van der Waals surface area contributed by atoms with Gasteiger partial charge in [0.1, 0.15) is 5.56 Å². The van der Waals surface area contributed by atoms with Crippen LogP contribution in [0.15, 0.2) is 6.07 Å². The number of aliphatic hydroxyl groups is 1. The standard InChI is InChI=1S/C12H18N2O3/c1-7-6-10(13-5-4-8(2)15)11(12(16)17)9(3)14-7/h6,8,15H,4-5H2,1-3H3,(H,13,14)(H,16,17). The lowest BCUT2D eigenvalue weighted by molar-refractivity contribution is 0.0696. The number of rotatable bonds is 5. The zero-order valence-corrected chi connectivity index (χ0v) is 10.3. The van der Waals surface area contributed by atoms with Crippen LogP contribution >= 0.6 is 0 Å². The molecule has 1 atom stereocenters. The van der Waals surface area contributed by atoms with E-state index in [0.717, 1.165) is 5.69 Å². The number of pyridine rings is 1. The number of carboxylic acid groups (broad SMARTS) is 1. The summed E-state index contributed by atoms with van der Waals surface area (Å²) in [4.78, 5) is 15.2. The third-order valence-corrected chi connectivity index (χ3v) is 2.42. The molecule has 17 heavy (non-hydrogen) atoms. The number of aromatic nitrogens is 1. The van der Waals surface area contributed by atoms with Gasteiger partial charge in [-0.3, -0.25) is 4.98 Å². The van der Waals surface area contributed by atoms with Gasteiger partial charge in [-0.25, -0.2) is 4.79 Å². The van der Waals surface area contributed by atoms with Gasteiger partial charge in [-0.15, -0.1) is 0 Å². The van der Waals surface area contributed by atoms with E-state index in [1.165, 1.54) is 0 Å². The number of carbonyl (C=O) groups is 1. The first-order valence-electron chi connectivity index (χ1n) is 5.55. The molecule has 1 aromatic rings. The smallest absolute Gasteiger partial charge is 0.339 e.